The fraction of sp³-hybridized carbons (Fsp3) is 0.652. The number of amides is 2. The van der Waals surface area contributed by atoms with Gasteiger partial charge in [0, 0.05) is 38.2 Å². The second-order valence-electron chi connectivity index (χ2n) is 8.41. The molecule has 2 fully saturated rings. The number of hydrogen-bond acceptors (Lipinski definition) is 3. The fourth-order valence-corrected chi connectivity index (χ4v) is 4.27. The van der Waals surface area contributed by atoms with Crippen LogP contribution in [0.1, 0.15) is 60.9 Å². The zero-order valence-electron chi connectivity index (χ0n) is 17.3. The average Bonchev–Trinajstić information content (AvgIpc) is 2.97. The molecule has 5 heteroatoms. The van der Waals surface area contributed by atoms with Crippen LogP contribution in [0.4, 0.5) is 0 Å². The van der Waals surface area contributed by atoms with Gasteiger partial charge in [-0.15, -0.1) is 0 Å². The van der Waals surface area contributed by atoms with Crippen molar-refractivity contribution in [1.82, 2.24) is 15.1 Å². The first-order chi connectivity index (χ1) is 13.6. The number of likely N-dealkylation sites (tertiary alicyclic amines) is 2. The Morgan fingerprint density at radius 1 is 0.964 bits per heavy atom. The van der Waals surface area contributed by atoms with E-state index >= 15 is 0 Å². The van der Waals surface area contributed by atoms with E-state index in [-0.39, 0.29) is 11.8 Å². The number of carbonyl (C=O) groups is 2. The molecule has 1 N–H and O–H groups in total. The first-order valence-corrected chi connectivity index (χ1v) is 11.0. The summed E-state index contributed by atoms with van der Waals surface area (Å²) in [6.45, 7) is 7.58. The highest BCUT2D eigenvalue weighted by Crippen LogP contribution is 2.22. The number of benzene rings is 1. The third-order valence-corrected chi connectivity index (χ3v) is 6.12. The largest absolute Gasteiger partial charge is 0.355 e. The molecule has 2 aliphatic heterocycles. The summed E-state index contributed by atoms with van der Waals surface area (Å²) in [7, 11) is 0. The summed E-state index contributed by atoms with van der Waals surface area (Å²) in [6, 6.07) is 7.77. The molecule has 5 nitrogen and oxygen atoms in total. The SMILES string of the molecule is Cc1ccc(C(=O)N2CCC(CC(=O)NCCN3CCCCCC3)CC2)cc1. The van der Waals surface area contributed by atoms with Crippen LogP contribution in [-0.4, -0.2) is 60.9 Å². The molecule has 0 spiro atoms. The van der Waals surface area contributed by atoms with Crippen molar-refractivity contribution < 1.29 is 9.59 Å². The lowest BCUT2D eigenvalue weighted by Crippen LogP contribution is -2.40. The normalized spacial score (nSPS) is 19.2. The molecule has 0 unspecified atom stereocenters. The van der Waals surface area contributed by atoms with Crippen molar-refractivity contribution in [3.63, 3.8) is 0 Å². The van der Waals surface area contributed by atoms with Crippen LogP contribution in [0.3, 0.4) is 0 Å². The molecular weight excluding hydrogens is 350 g/mol. The molecule has 2 amide bonds. The van der Waals surface area contributed by atoms with Crippen molar-refractivity contribution in [3.8, 4) is 0 Å². The van der Waals surface area contributed by atoms with Gasteiger partial charge in [-0.2, -0.15) is 0 Å². The lowest BCUT2D eigenvalue weighted by Gasteiger charge is -2.32. The van der Waals surface area contributed by atoms with Crippen molar-refractivity contribution in [3.05, 3.63) is 35.4 Å². The highest BCUT2D eigenvalue weighted by atomic mass is 16.2. The van der Waals surface area contributed by atoms with Crippen LogP contribution in [0, 0.1) is 12.8 Å². The van der Waals surface area contributed by atoms with Gasteiger partial charge >= 0.3 is 0 Å². The van der Waals surface area contributed by atoms with Gasteiger partial charge in [0.15, 0.2) is 0 Å². The topological polar surface area (TPSA) is 52.7 Å². The van der Waals surface area contributed by atoms with Crippen LogP contribution in [0.2, 0.25) is 0 Å². The van der Waals surface area contributed by atoms with E-state index in [1.807, 2.05) is 36.1 Å². The Labute approximate surface area is 169 Å². The van der Waals surface area contributed by atoms with E-state index in [1.54, 1.807) is 0 Å². The lowest BCUT2D eigenvalue weighted by molar-refractivity contribution is -0.122. The molecule has 154 valence electrons. The third kappa shape index (κ3) is 6.33. The minimum atomic E-state index is 0.111. The quantitative estimate of drug-likeness (QED) is 0.818. The Morgan fingerprint density at radius 2 is 1.61 bits per heavy atom. The van der Waals surface area contributed by atoms with Crippen molar-refractivity contribution >= 4 is 11.8 Å². The molecule has 0 aliphatic carbocycles. The molecule has 1 aromatic carbocycles. The molecule has 0 atom stereocenters. The van der Waals surface area contributed by atoms with E-state index in [9.17, 15) is 9.59 Å². The summed E-state index contributed by atoms with van der Waals surface area (Å²) >= 11 is 0. The minimum Gasteiger partial charge on any atom is -0.355 e. The standard InChI is InChI=1S/C23H35N3O2/c1-19-6-8-21(9-7-19)23(28)26-15-10-20(11-16-26)18-22(27)24-12-17-25-13-4-2-3-5-14-25/h6-9,20H,2-5,10-18H2,1H3,(H,24,27). The molecule has 2 saturated heterocycles. The highest BCUT2D eigenvalue weighted by molar-refractivity contribution is 5.94. The highest BCUT2D eigenvalue weighted by Gasteiger charge is 2.25. The van der Waals surface area contributed by atoms with Gasteiger partial charge in [0.05, 0.1) is 0 Å². The monoisotopic (exact) mass is 385 g/mol. The number of piperidine rings is 1. The Hall–Kier alpha value is -1.88. The number of nitrogens with zero attached hydrogens (tertiary/aromatic N) is 2. The number of carbonyl (C=O) groups excluding carboxylic acids is 2. The summed E-state index contributed by atoms with van der Waals surface area (Å²) in [5.74, 6) is 0.665. The maximum absolute atomic E-state index is 12.6. The van der Waals surface area contributed by atoms with Crippen molar-refractivity contribution in [2.45, 2.75) is 51.9 Å². The van der Waals surface area contributed by atoms with Gasteiger partial charge in [0.2, 0.25) is 5.91 Å². The van der Waals surface area contributed by atoms with Gasteiger partial charge in [-0.3, -0.25) is 9.59 Å². The second kappa shape index (κ2) is 10.6. The molecule has 0 radical (unpaired) electrons. The van der Waals surface area contributed by atoms with E-state index in [2.05, 4.69) is 10.2 Å². The minimum absolute atomic E-state index is 0.111. The maximum Gasteiger partial charge on any atom is 0.253 e. The summed E-state index contributed by atoms with van der Waals surface area (Å²) in [5, 5.41) is 3.10. The zero-order valence-corrected chi connectivity index (χ0v) is 17.3. The van der Waals surface area contributed by atoms with Crippen molar-refractivity contribution in [2.24, 2.45) is 5.92 Å². The van der Waals surface area contributed by atoms with E-state index in [0.29, 0.717) is 12.3 Å². The Bertz CT molecular complexity index is 628. The Kier molecular flexibility index (Phi) is 7.90. The van der Waals surface area contributed by atoms with Crippen LogP contribution in [0.5, 0.6) is 0 Å². The molecule has 0 bridgehead atoms. The Balaban J connectivity index is 1.33. The van der Waals surface area contributed by atoms with Crippen LogP contribution in [-0.2, 0) is 4.79 Å². The van der Waals surface area contributed by atoms with Gasteiger partial charge < -0.3 is 15.1 Å². The summed E-state index contributed by atoms with van der Waals surface area (Å²) < 4.78 is 0. The first kappa shape index (κ1) is 20.8. The van der Waals surface area contributed by atoms with Crippen LogP contribution >= 0.6 is 0 Å². The Morgan fingerprint density at radius 3 is 2.25 bits per heavy atom. The molecule has 2 heterocycles. The average molecular weight is 386 g/mol. The predicted octanol–water partition coefficient (Wildman–Crippen LogP) is 3.23. The third-order valence-electron chi connectivity index (χ3n) is 6.12. The van der Waals surface area contributed by atoms with Crippen molar-refractivity contribution in [1.29, 1.82) is 0 Å². The van der Waals surface area contributed by atoms with Crippen LogP contribution < -0.4 is 5.32 Å². The lowest BCUT2D eigenvalue weighted by atomic mass is 9.93. The van der Waals surface area contributed by atoms with Gasteiger partial charge in [0.25, 0.3) is 5.91 Å². The molecule has 2 aliphatic rings. The fourth-order valence-electron chi connectivity index (χ4n) is 4.27. The van der Waals surface area contributed by atoms with Crippen molar-refractivity contribution in [2.75, 3.05) is 39.3 Å². The summed E-state index contributed by atoms with van der Waals surface area (Å²) in [4.78, 5) is 29.3. The van der Waals surface area contributed by atoms with Gasteiger partial charge in [-0.25, -0.2) is 0 Å². The number of nitrogens with one attached hydrogen (secondary N) is 1. The molecule has 0 aromatic heterocycles. The van der Waals surface area contributed by atoms with Crippen LogP contribution in [0.15, 0.2) is 24.3 Å². The predicted molar refractivity (Wildman–Crippen MR) is 112 cm³/mol. The molecule has 0 saturated carbocycles. The second-order valence-corrected chi connectivity index (χ2v) is 8.41. The smallest absolute Gasteiger partial charge is 0.253 e. The zero-order chi connectivity index (χ0) is 19.8. The van der Waals surface area contributed by atoms with E-state index in [1.165, 1.54) is 38.8 Å². The van der Waals surface area contributed by atoms with Gasteiger partial charge in [-0.1, -0.05) is 30.5 Å². The number of rotatable bonds is 6. The molecule has 3 rings (SSSR count). The van der Waals surface area contributed by atoms with Crippen LogP contribution in [0.25, 0.3) is 0 Å². The van der Waals surface area contributed by atoms with Gasteiger partial charge in [0.1, 0.15) is 0 Å². The van der Waals surface area contributed by atoms with E-state index in [4.69, 9.17) is 0 Å². The summed E-state index contributed by atoms with van der Waals surface area (Å²) in [5.41, 5.74) is 1.92. The maximum atomic E-state index is 12.6. The van der Waals surface area contributed by atoms with Gasteiger partial charge in [-0.05, 0) is 63.7 Å². The molecule has 28 heavy (non-hydrogen) atoms. The summed E-state index contributed by atoms with van der Waals surface area (Å²) in [6.07, 6.45) is 7.67. The molecular formula is C23H35N3O2. The molecule has 1 aromatic rings. The first-order valence-electron chi connectivity index (χ1n) is 11.0. The number of hydrogen-bond donors (Lipinski definition) is 1. The van der Waals surface area contributed by atoms with E-state index < -0.39 is 0 Å². The van der Waals surface area contributed by atoms with E-state index in [0.717, 1.165) is 50.1 Å². The number of aryl methyl sites for hydroxylation is 1.